The van der Waals surface area contributed by atoms with Gasteiger partial charge in [0.25, 0.3) is 0 Å². The van der Waals surface area contributed by atoms with Crippen molar-refractivity contribution < 1.29 is 9.53 Å². The van der Waals surface area contributed by atoms with Gasteiger partial charge >= 0.3 is 6.03 Å². The average molecular weight is 375 g/mol. The fourth-order valence-corrected chi connectivity index (χ4v) is 2.82. The van der Waals surface area contributed by atoms with Gasteiger partial charge < -0.3 is 20.3 Å². The zero-order valence-electron chi connectivity index (χ0n) is 16.2. The SMILES string of the molecule is CN(C)Cc1cccc(CNC(=O)Nc2cccc(Oc3ccccc3)c2)c1. The normalized spacial score (nSPS) is 10.5. The number of urea groups is 1. The van der Waals surface area contributed by atoms with Crippen molar-refractivity contribution in [3.63, 3.8) is 0 Å². The van der Waals surface area contributed by atoms with Crippen molar-refractivity contribution in [2.75, 3.05) is 19.4 Å². The third kappa shape index (κ3) is 6.14. The summed E-state index contributed by atoms with van der Waals surface area (Å²) in [6, 6.07) is 24.8. The molecular weight excluding hydrogens is 350 g/mol. The Labute approximate surface area is 166 Å². The van der Waals surface area contributed by atoms with Crippen molar-refractivity contribution in [3.8, 4) is 11.5 Å². The first-order valence-corrected chi connectivity index (χ1v) is 9.19. The Hall–Kier alpha value is -3.31. The molecular formula is C23H25N3O2. The molecule has 0 unspecified atom stereocenters. The Bertz CT molecular complexity index is 910. The summed E-state index contributed by atoms with van der Waals surface area (Å²) < 4.78 is 5.80. The van der Waals surface area contributed by atoms with E-state index in [4.69, 9.17) is 4.74 Å². The minimum Gasteiger partial charge on any atom is -0.457 e. The second-order valence-corrected chi connectivity index (χ2v) is 6.81. The van der Waals surface area contributed by atoms with Crippen LogP contribution in [-0.4, -0.2) is 25.0 Å². The van der Waals surface area contributed by atoms with Gasteiger partial charge in [0.1, 0.15) is 11.5 Å². The van der Waals surface area contributed by atoms with Crippen LogP contribution in [-0.2, 0) is 13.1 Å². The van der Waals surface area contributed by atoms with E-state index >= 15 is 0 Å². The number of nitrogens with zero attached hydrogens (tertiary/aromatic N) is 1. The van der Waals surface area contributed by atoms with E-state index in [9.17, 15) is 4.79 Å². The molecule has 0 fully saturated rings. The Morgan fingerprint density at radius 2 is 1.57 bits per heavy atom. The van der Waals surface area contributed by atoms with Crippen LogP contribution in [0.5, 0.6) is 11.5 Å². The molecule has 3 aromatic rings. The van der Waals surface area contributed by atoms with E-state index in [2.05, 4.69) is 27.7 Å². The van der Waals surface area contributed by atoms with Crippen LogP contribution in [0.25, 0.3) is 0 Å². The average Bonchev–Trinajstić information content (AvgIpc) is 2.67. The molecule has 0 aliphatic rings. The highest BCUT2D eigenvalue weighted by molar-refractivity contribution is 5.89. The highest BCUT2D eigenvalue weighted by Gasteiger charge is 2.05. The van der Waals surface area contributed by atoms with Crippen LogP contribution in [0.15, 0.2) is 78.9 Å². The molecule has 144 valence electrons. The number of hydrogen-bond acceptors (Lipinski definition) is 3. The summed E-state index contributed by atoms with van der Waals surface area (Å²) in [5.74, 6) is 1.42. The van der Waals surface area contributed by atoms with Crippen LogP contribution < -0.4 is 15.4 Å². The Morgan fingerprint density at radius 3 is 2.36 bits per heavy atom. The quantitative estimate of drug-likeness (QED) is 0.620. The molecule has 0 atom stereocenters. The highest BCUT2D eigenvalue weighted by Crippen LogP contribution is 2.23. The van der Waals surface area contributed by atoms with Crippen molar-refractivity contribution in [1.29, 1.82) is 0 Å². The number of carbonyl (C=O) groups is 1. The minimum atomic E-state index is -0.255. The molecule has 0 aromatic heterocycles. The van der Waals surface area contributed by atoms with E-state index in [1.54, 1.807) is 6.07 Å². The molecule has 2 N–H and O–H groups in total. The minimum absolute atomic E-state index is 0.255. The number of para-hydroxylation sites is 1. The van der Waals surface area contributed by atoms with Crippen molar-refractivity contribution in [2.45, 2.75) is 13.1 Å². The first-order chi connectivity index (χ1) is 13.6. The number of rotatable bonds is 7. The van der Waals surface area contributed by atoms with Crippen LogP contribution in [0.2, 0.25) is 0 Å². The van der Waals surface area contributed by atoms with Crippen molar-refractivity contribution >= 4 is 11.7 Å². The number of benzene rings is 3. The number of ether oxygens (including phenoxy) is 1. The van der Waals surface area contributed by atoms with Gasteiger partial charge in [-0.25, -0.2) is 4.79 Å². The lowest BCUT2D eigenvalue weighted by Gasteiger charge is -2.12. The largest absolute Gasteiger partial charge is 0.457 e. The molecule has 5 nitrogen and oxygen atoms in total. The fourth-order valence-electron chi connectivity index (χ4n) is 2.82. The number of anilines is 1. The maximum atomic E-state index is 12.2. The summed E-state index contributed by atoms with van der Waals surface area (Å²) in [6.07, 6.45) is 0. The molecule has 0 spiro atoms. The summed E-state index contributed by atoms with van der Waals surface area (Å²) in [7, 11) is 4.07. The maximum Gasteiger partial charge on any atom is 0.319 e. The molecule has 3 rings (SSSR count). The van der Waals surface area contributed by atoms with Gasteiger partial charge in [-0.1, -0.05) is 48.5 Å². The smallest absolute Gasteiger partial charge is 0.319 e. The molecule has 5 heteroatoms. The molecule has 3 aromatic carbocycles. The van der Waals surface area contributed by atoms with Crippen LogP contribution in [0, 0.1) is 0 Å². The molecule has 0 saturated heterocycles. The van der Waals surface area contributed by atoms with Gasteiger partial charge in [0.05, 0.1) is 0 Å². The zero-order chi connectivity index (χ0) is 19.8. The Balaban J connectivity index is 1.54. The van der Waals surface area contributed by atoms with Gasteiger partial charge in [0.2, 0.25) is 0 Å². The first-order valence-electron chi connectivity index (χ1n) is 9.19. The number of hydrogen-bond donors (Lipinski definition) is 2. The van der Waals surface area contributed by atoms with Crippen LogP contribution in [0.4, 0.5) is 10.5 Å². The topological polar surface area (TPSA) is 53.6 Å². The molecule has 0 aliphatic carbocycles. The van der Waals surface area contributed by atoms with E-state index in [1.165, 1.54) is 5.56 Å². The van der Waals surface area contributed by atoms with Gasteiger partial charge in [-0.3, -0.25) is 0 Å². The molecule has 0 bridgehead atoms. The molecule has 0 aliphatic heterocycles. The predicted molar refractivity (Wildman–Crippen MR) is 113 cm³/mol. The van der Waals surface area contributed by atoms with Crippen molar-refractivity contribution in [1.82, 2.24) is 10.2 Å². The van der Waals surface area contributed by atoms with Crippen LogP contribution in [0.3, 0.4) is 0 Å². The van der Waals surface area contributed by atoms with Crippen molar-refractivity contribution in [3.05, 3.63) is 90.0 Å². The van der Waals surface area contributed by atoms with Crippen LogP contribution >= 0.6 is 0 Å². The Morgan fingerprint density at radius 1 is 0.857 bits per heavy atom. The summed E-state index contributed by atoms with van der Waals surface area (Å²) in [5, 5.41) is 5.74. The fraction of sp³-hybridized carbons (Fsp3) is 0.174. The lowest BCUT2D eigenvalue weighted by atomic mass is 10.1. The van der Waals surface area contributed by atoms with Gasteiger partial charge in [-0.15, -0.1) is 0 Å². The second-order valence-electron chi connectivity index (χ2n) is 6.81. The Kier molecular flexibility index (Phi) is 6.65. The monoisotopic (exact) mass is 375 g/mol. The molecule has 0 radical (unpaired) electrons. The molecule has 28 heavy (non-hydrogen) atoms. The number of nitrogens with one attached hydrogen (secondary N) is 2. The summed E-state index contributed by atoms with van der Waals surface area (Å²) >= 11 is 0. The van der Waals surface area contributed by atoms with E-state index in [1.807, 2.05) is 74.8 Å². The number of carbonyl (C=O) groups excluding carboxylic acids is 1. The number of amides is 2. The third-order valence-corrected chi connectivity index (χ3v) is 4.01. The standard InChI is InChI=1S/C23H25N3O2/c1-26(2)17-19-9-6-8-18(14-19)16-24-23(27)25-20-10-7-13-22(15-20)28-21-11-4-3-5-12-21/h3-15H,16-17H2,1-2H3,(H2,24,25,27). The zero-order valence-corrected chi connectivity index (χ0v) is 16.2. The van der Waals surface area contributed by atoms with Crippen LogP contribution in [0.1, 0.15) is 11.1 Å². The summed E-state index contributed by atoms with van der Waals surface area (Å²) in [4.78, 5) is 14.4. The predicted octanol–water partition coefficient (Wildman–Crippen LogP) is 4.86. The second kappa shape index (κ2) is 9.58. The van der Waals surface area contributed by atoms with E-state index < -0.39 is 0 Å². The van der Waals surface area contributed by atoms with Gasteiger partial charge in [-0.05, 0) is 49.5 Å². The maximum absolute atomic E-state index is 12.2. The lowest BCUT2D eigenvalue weighted by molar-refractivity contribution is 0.251. The van der Waals surface area contributed by atoms with Gasteiger partial charge in [0.15, 0.2) is 0 Å². The molecule has 2 amide bonds. The molecule has 0 heterocycles. The lowest BCUT2D eigenvalue weighted by Crippen LogP contribution is -2.28. The summed E-state index contributed by atoms with van der Waals surface area (Å²) in [5.41, 5.74) is 2.96. The van der Waals surface area contributed by atoms with Gasteiger partial charge in [0, 0.05) is 24.8 Å². The van der Waals surface area contributed by atoms with E-state index in [0.29, 0.717) is 18.0 Å². The first kappa shape index (κ1) is 19.5. The summed E-state index contributed by atoms with van der Waals surface area (Å²) in [6.45, 7) is 1.33. The van der Waals surface area contributed by atoms with Gasteiger partial charge in [-0.2, -0.15) is 0 Å². The van der Waals surface area contributed by atoms with E-state index in [0.717, 1.165) is 17.9 Å². The molecule has 0 saturated carbocycles. The van der Waals surface area contributed by atoms with Crippen molar-refractivity contribution in [2.24, 2.45) is 0 Å². The highest BCUT2D eigenvalue weighted by atomic mass is 16.5. The third-order valence-electron chi connectivity index (χ3n) is 4.01. The van der Waals surface area contributed by atoms with E-state index in [-0.39, 0.29) is 6.03 Å².